The fourth-order valence-corrected chi connectivity index (χ4v) is 9.51. The lowest BCUT2D eigenvalue weighted by molar-refractivity contribution is -0.387. The number of hydrogen-bond acceptors (Lipinski definition) is 7. The maximum Gasteiger partial charge on any atom is 0.283 e. The summed E-state index contributed by atoms with van der Waals surface area (Å²) in [7, 11) is 0. The Morgan fingerprint density at radius 2 is 1.36 bits per heavy atom. The number of likely N-dealkylation sites (tertiary alicyclic amines) is 4. The largest absolute Gasteiger partial charge is 0.368 e. The van der Waals surface area contributed by atoms with E-state index in [0.29, 0.717) is 22.9 Å². The number of para-hydroxylation sites is 2. The predicted octanol–water partition coefficient (Wildman–Crippen LogP) is 5.37. The topological polar surface area (TPSA) is 169 Å². The van der Waals surface area contributed by atoms with Gasteiger partial charge in [0.2, 0.25) is 11.8 Å². The Balaban J connectivity index is 1.12. The van der Waals surface area contributed by atoms with Crippen molar-refractivity contribution in [3.05, 3.63) is 64.2 Å². The molecule has 4 fully saturated rings. The Morgan fingerprint density at radius 3 is 1.95 bits per heavy atom. The summed E-state index contributed by atoms with van der Waals surface area (Å²) < 4.78 is 0. The summed E-state index contributed by atoms with van der Waals surface area (Å²) in [6.45, 7) is 8.61. The number of fused-ring (bicyclic) bond motifs is 1. The average molecular weight is 785 g/mol. The molecule has 5 heterocycles. The van der Waals surface area contributed by atoms with E-state index in [1.807, 2.05) is 24.3 Å². The Morgan fingerprint density at radius 1 is 0.804 bits per heavy atom. The quantitative estimate of drug-likeness (QED) is 0.0640. The van der Waals surface area contributed by atoms with Gasteiger partial charge in [0.15, 0.2) is 11.9 Å². The number of nitrogens with zero attached hydrogens (tertiary/aromatic N) is 7. The fraction of sp³-hybridized carbons (Fsp3) is 0.561. The summed E-state index contributed by atoms with van der Waals surface area (Å²) in [5.41, 5.74) is 7.62. The number of nitro benzene ring substituents is 1. The third-order valence-corrected chi connectivity index (χ3v) is 12.5. The number of benzene rings is 2. The van der Waals surface area contributed by atoms with E-state index in [0.717, 1.165) is 119 Å². The number of primary amides is 1. The van der Waals surface area contributed by atoms with Gasteiger partial charge in [0.05, 0.1) is 14.8 Å². The molecule has 300 valence electrons. The number of unbranched alkanes of at least 4 members (excludes halogenated alkanes) is 1. The molecule has 0 radical (unpaired) electrons. The second-order valence-electron chi connectivity index (χ2n) is 15.4. The minimum Gasteiger partial charge on any atom is -0.368 e. The molecular formula is C41H56N10O4S. The number of nitro groups is 1. The van der Waals surface area contributed by atoms with Crippen LogP contribution in [0.4, 0.5) is 5.69 Å². The zero-order valence-corrected chi connectivity index (χ0v) is 33.2. The summed E-state index contributed by atoms with van der Waals surface area (Å²) in [5.74, 6) is 1.05. The van der Waals surface area contributed by atoms with E-state index >= 15 is 0 Å². The molecule has 4 saturated heterocycles. The third-order valence-electron chi connectivity index (χ3n) is 11.4. The van der Waals surface area contributed by atoms with E-state index in [4.69, 9.17) is 15.7 Å². The molecular weight excluding hydrogens is 729 g/mol. The zero-order chi connectivity index (χ0) is 38.9. The average Bonchev–Trinajstić information content (AvgIpc) is 4.06. The van der Waals surface area contributed by atoms with Gasteiger partial charge in [0.25, 0.3) is 5.69 Å². The van der Waals surface area contributed by atoms with Gasteiger partial charge < -0.3 is 35.6 Å². The van der Waals surface area contributed by atoms with Gasteiger partial charge in [0.1, 0.15) is 12.1 Å². The van der Waals surface area contributed by atoms with Crippen molar-refractivity contribution in [1.29, 1.82) is 0 Å². The molecule has 0 saturated carbocycles. The van der Waals surface area contributed by atoms with Gasteiger partial charge >= 0.3 is 0 Å². The van der Waals surface area contributed by atoms with Crippen LogP contribution < -0.4 is 11.1 Å². The fourth-order valence-electron chi connectivity index (χ4n) is 8.42. The smallest absolute Gasteiger partial charge is 0.283 e. The maximum absolute atomic E-state index is 14.4. The van der Waals surface area contributed by atoms with Crippen molar-refractivity contribution in [1.82, 2.24) is 29.9 Å². The number of guanidine groups is 2. The van der Waals surface area contributed by atoms with Gasteiger partial charge in [-0.3, -0.25) is 24.7 Å². The van der Waals surface area contributed by atoms with Gasteiger partial charge in [0, 0.05) is 82.3 Å². The first kappa shape index (κ1) is 39.4. The summed E-state index contributed by atoms with van der Waals surface area (Å²) >= 11 is 1.23. The van der Waals surface area contributed by atoms with Gasteiger partial charge in [-0.05, 0) is 88.3 Å². The number of carbonyl (C=O) groups is 2. The number of amides is 2. The summed E-state index contributed by atoms with van der Waals surface area (Å²) in [4.78, 5) is 62.8. The minimum atomic E-state index is -1.03. The number of rotatable bonds is 14. The van der Waals surface area contributed by atoms with Crippen LogP contribution in [-0.2, 0) is 16.0 Å². The number of nitrogens with one attached hydrogen (secondary N) is 2. The molecule has 0 bridgehead atoms. The summed E-state index contributed by atoms with van der Waals surface area (Å²) in [6, 6.07) is 12.5. The van der Waals surface area contributed by atoms with Crippen LogP contribution in [0.15, 0.2) is 68.4 Å². The lowest BCUT2D eigenvalue weighted by Crippen LogP contribution is -2.50. The van der Waals surface area contributed by atoms with Gasteiger partial charge in [-0.2, -0.15) is 0 Å². The van der Waals surface area contributed by atoms with E-state index in [1.54, 1.807) is 18.2 Å². The standard InChI is InChI=1S/C41H56N10O4S/c42-37(52)34(29-31-30-15-1-2-16-32(30)45-39(31)56-36-19-4-3-18-35(36)51(54)55)44-38(53)33(46-41(49-25-11-12-26-49)50-27-13-14-28-50)17-5-6-20-43-40(47-21-7-8-22-47)48-23-9-10-24-48/h1-4,15-16,18-19,33-34,45H,5-14,17,20-29H2,(H2,42,52)(H,44,53)/t33-,34-/m0/s1. The number of aromatic amines is 1. The highest BCUT2D eigenvalue weighted by Crippen LogP contribution is 2.39. The van der Waals surface area contributed by atoms with Crippen LogP contribution in [0.5, 0.6) is 0 Å². The van der Waals surface area contributed by atoms with E-state index in [2.05, 4.69) is 29.9 Å². The molecule has 0 unspecified atom stereocenters. The second-order valence-corrected chi connectivity index (χ2v) is 16.4. The number of aromatic nitrogens is 1. The molecule has 14 nitrogen and oxygen atoms in total. The Hall–Kier alpha value is -4.79. The van der Waals surface area contributed by atoms with E-state index in [1.165, 1.54) is 43.5 Å². The summed E-state index contributed by atoms with van der Waals surface area (Å²) in [5, 5.41) is 16.4. The first-order valence-electron chi connectivity index (χ1n) is 20.6. The molecule has 4 aliphatic rings. The molecule has 3 aromatic rings. The Labute approximate surface area is 333 Å². The van der Waals surface area contributed by atoms with Crippen molar-refractivity contribution < 1.29 is 14.5 Å². The monoisotopic (exact) mass is 784 g/mol. The zero-order valence-electron chi connectivity index (χ0n) is 32.4. The van der Waals surface area contributed by atoms with Crippen LogP contribution in [0.25, 0.3) is 10.9 Å². The van der Waals surface area contributed by atoms with E-state index in [9.17, 15) is 19.7 Å². The lowest BCUT2D eigenvalue weighted by atomic mass is 10.0. The van der Waals surface area contributed by atoms with Crippen molar-refractivity contribution in [2.24, 2.45) is 15.7 Å². The molecule has 2 atom stereocenters. The van der Waals surface area contributed by atoms with E-state index < -0.39 is 22.9 Å². The van der Waals surface area contributed by atoms with Crippen LogP contribution in [0.3, 0.4) is 0 Å². The number of hydrogen-bond donors (Lipinski definition) is 3. The Kier molecular flexibility index (Phi) is 13.3. The van der Waals surface area contributed by atoms with Gasteiger partial charge in [-0.25, -0.2) is 4.99 Å². The van der Waals surface area contributed by atoms with E-state index in [-0.39, 0.29) is 18.0 Å². The SMILES string of the molecule is NC(=O)[C@H](Cc1c(Sc2ccccc2[N+](=O)[O-])[nH]c2ccccc12)NC(=O)[C@H](CCCCN=C(N1CCCC1)N1CCCC1)N=C(N1CCCC1)N1CCCC1. The maximum atomic E-state index is 14.4. The molecule has 2 amide bonds. The minimum absolute atomic E-state index is 0.0108. The molecule has 56 heavy (non-hydrogen) atoms. The predicted molar refractivity (Wildman–Crippen MR) is 221 cm³/mol. The first-order valence-corrected chi connectivity index (χ1v) is 21.4. The van der Waals surface area contributed by atoms with Crippen molar-refractivity contribution in [3.63, 3.8) is 0 Å². The number of nitrogens with two attached hydrogens (primary N) is 1. The van der Waals surface area contributed by atoms with Crippen molar-refractivity contribution in [3.8, 4) is 0 Å². The number of aliphatic imine (C=N–C) groups is 2. The van der Waals surface area contributed by atoms with Crippen LogP contribution in [0.1, 0.15) is 76.2 Å². The normalized spacial score (nSPS) is 18.1. The van der Waals surface area contributed by atoms with Crippen molar-refractivity contribution >= 4 is 52.1 Å². The highest BCUT2D eigenvalue weighted by molar-refractivity contribution is 7.99. The van der Waals surface area contributed by atoms with Crippen LogP contribution in [0, 0.1) is 10.1 Å². The van der Waals surface area contributed by atoms with Crippen LogP contribution in [-0.4, -0.2) is 124 Å². The van der Waals surface area contributed by atoms with Crippen molar-refractivity contribution in [2.75, 3.05) is 58.9 Å². The molecule has 1 aromatic heterocycles. The molecule has 0 aliphatic carbocycles. The Bertz CT molecular complexity index is 1860. The number of carbonyl (C=O) groups excluding carboxylic acids is 2. The molecule has 7 rings (SSSR count). The van der Waals surface area contributed by atoms with Gasteiger partial charge in [-0.1, -0.05) is 42.1 Å². The summed E-state index contributed by atoms with van der Waals surface area (Å²) in [6.07, 6.45) is 11.4. The second kappa shape index (κ2) is 18.9. The van der Waals surface area contributed by atoms with Crippen molar-refractivity contribution in [2.45, 2.75) is 99.1 Å². The number of H-pyrrole nitrogens is 1. The van der Waals surface area contributed by atoms with Crippen LogP contribution in [0.2, 0.25) is 0 Å². The van der Waals surface area contributed by atoms with Crippen LogP contribution >= 0.6 is 11.8 Å². The molecule has 4 aliphatic heterocycles. The molecule has 0 spiro atoms. The third kappa shape index (κ3) is 9.59. The molecule has 15 heteroatoms. The highest BCUT2D eigenvalue weighted by atomic mass is 32.2. The molecule has 4 N–H and O–H groups in total. The lowest BCUT2D eigenvalue weighted by Gasteiger charge is -2.30. The first-order chi connectivity index (χ1) is 27.4. The molecule has 2 aromatic carbocycles. The van der Waals surface area contributed by atoms with Gasteiger partial charge in [-0.15, -0.1) is 0 Å². The highest BCUT2D eigenvalue weighted by Gasteiger charge is 2.31.